The van der Waals surface area contributed by atoms with Crippen molar-refractivity contribution in [3.63, 3.8) is 0 Å². The molecule has 0 saturated heterocycles. The van der Waals surface area contributed by atoms with Crippen LogP contribution in [-0.2, 0) is 0 Å². The van der Waals surface area contributed by atoms with Gasteiger partial charge in [0.2, 0.25) is 0 Å². The molecule has 0 atom stereocenters. The summed E-state index contributed by atoms with van der Waals surface area (Å²) in [5, 5.41) is 12.7. The molecule has 0 radical (unpaired) electrons. The van der Waals surface area contributed by atoms with Crippen LogP contribution in [0.5, 0.6) is 5.75 Å². The quantitative estimate of drug-likeness (QED) is 0.667. The Kier molecular flexibility index (Phi) is 3.22. The molecule has 0 aromatic heterocycles. The van der Waals surface area contributed by atoms with Gasteiger partial charge in [-0.05, 0) is 36.6 Å². The Morgan fingerprint density at radius 1 is 1.33 bits per heavy atom. The van der Waals surface area contributed by atoms with Crippen LogP contribution in [0.2, 0.25) is 0 Å². The maximum absolute atomic E-state index is 12.7. The Balaban J connectivity index is 2.30. The van der Waals surface area contributed by atoms with Gasteiger partial charge in [0.15, 0.2) is 0 Å². The molecule has 1 aromatic carbocycles. The van der Waals surface area contributed by atoms with Crippen LogP contribution in [0.4, 0.5) is 0 Å². The SMILES string of the molecule is CC1(C)Oc2ccc(Br)cc2C(=C2C=CC=CN2[O-])[N+]1=O. The topological polar surface area (TPSA) is 55.6 Å². The molecular weight excluding hydrogens is 336 g/mol. The summed E-state index contributed by atoms with van der Waals surface area (Å²) in [6, 6.07) is 5.40. The molecule has 21 heavy (non-hydrogen) atoms. The molecule has 2 heterocycles. The number of allylic oxidation sites excluding steroid dienone is 3. The fraction of sp³-hybridized carbons (Fsp3) is 0.200. The second-order valence-electron chi connectivity index (χ2n) is 5.24. The van der Waals surface area contributed by atoms with Gasteiger partial charge >= 0.3 is 5.72 Å². The molecule has 0 saturated carbocycles. The molecule has 0 N–H and O–H groups in total. The molecule has 3 rings (SSSR count). The largest absolute Gasteiger partial charge is 0.754 e. The molecule has 108 valence electrons. The number of halogens is 1. The van der Waals surface area contributed by atoms with Crippen LogP contribution >= 0.6 is 15.9 Å². The number of hydroxylamine groups is 2. The Bertz CT molecular complexity index is 720. The second kappa shape index (κ2) is 4.82. The van der Waals surface area contributed by atoms with Gasteiger partial charge in [0, 0.05) is 23.2 Å². The van der Waals surface area contributed by atoms with Crippen molar-refractivity contribution in [1.82, 2.24) is 5.06 Å². The second-order valence-corrected chi connectivity index (χ2v) is 6.16. The van der Waals surface area contributed by atoms with E-state index in [1.165, 1.54) is 6.20 Å². The standard InChI is InChI=1S/C15H13BrN2O3/c1-15(2)18(20)14(12-5-3-4-8-17(12)19)11-9-10(16)6-7-13(11)21-15/h3-9H,1-2H3. The van der Waals surface area contributed by atoms with Crippen LogP contribution in [-0.4, -0.2) is 15.5 Å². The van der Waals surface area contributed by atoms with Crippen molar-refractivity contribution in [2.24, 2.45) is 0 Å². The third-order valence-corrected chi connectivity index (χ3v) is 3.81. The highest BCUT2D eigenvalue weighted by atomic mass is 79.9. The summed E-state index contributed by atoms with van der Waals surface area (Å²) >= 11 is 3.38. The lowest BCUT2D eigenvalue weighted by atomic mass is 10.0. The molecule has 0 aliphatic carbocycles. The van der Waals surface area contributed by atoms with Crippen molar-refractivity contribution in [3.8, 4) is 5.75 Å². The first kappa shape index (κ1) is 14.0. The van der Waals surface area contributed by atoms with Gasteiger partial charge in [0.05, 0.1) is 10.3 Å². The number of nitrogens with zero attached hydrogens (tertiary/aromatic N) is 2. The highest BCUT2D eigenvalue weighted by Gasteiger charge is 2.48. The third kappa shape index (κ3) is 2.30. The Morgan fingerprint density at radius 2 is 2.10 bits per heavy atom. The summed E-state index contributed by atoms with van der Waals surface area (Å²) in [5.74, 6) is 0.578. The van der Waals surface area contributed by atoms with Crippen LogP contribution < -0.4 is 4.74 Å². The highest BCUT2D eigenvalue weighted by molar-refractivity contribution is 9.10. The van der Waals surface area contributed by atoms with Crippen LogP contribution in [0, 0.1) is 10.1 Å². The molecule has 0 amide bonds. The van der Waals surface area contributed by atoms with E-state index in [4.69, 9.17) is 4.74 Å². The Hall–Kier alpha value is -1.92. The van der Waals surface area contributed by atoms with Gasteiger partial charge in [-0.25, -0.2) is 0 Å². The summed E-state index contributed by atoms with van der Waals surface area (Å²) in [6.45, 7) is 3.34. The third-order valence-electron chi connectivity index (χ3n) is 3.32. The zero-order chi connectivity index (χ0) is 15.2. The molecule has 5 nitrogen and oxygen atoms in total. The summed E-state index contributed by atoms with van der Waals surface area (Å²) in [5.41, 5.74) is 0.106. The monoisotopic (exact) mass is 348 g/mol. The Morgan fingerprint density at radius 3 is 2.81 bits per heavy atom. The maximum atomic E-state index is 12.7. The fourth-order valence-corrected chi connectivity index (χ4v) is 2.68. The van der Waals surface area contributed by atoms with E-state index >= 15 is 0 Å². The smallest absolute Gasteiger partial charge is 0.353 e. The molecule has 0 spiro atoms. The van der Waals surface area contributed by atoms with Gasteiger partial charge in [0.25, 0.3) is 5.70 Å². The molecule has 1 aromatic rings. The summed E-state index contributed by atoms with van der Waals surface area (Å²) in [4.78, 5) is 12.7. The van der Waals surface area contributed by atoms with E-state index in [0.29, 0.717) is 27.8 Å². The summed E-state index contributed by atoms with van der Waals surface area (Å²) in [7, 11) is 0. The van der Waals surface area contributed by atoms with Gasteiger partial charge in [0.1, 0.15) is 11.4 Å². The summed E-state index contributed by atoms with van der Waals surface area (Å²) in [6.07, 6.45) is 6.35. The average molecular weight is 349 g/mol. The number of hydrogen-bond acceptors (Lipinski definition) is 4. The van der Waals surface area contributed by atoms with E-state index in [2.05, 4.69) is 15.9 Å². The Labute approximate surface area is 130 Å². The number of hydrogen-bond donors (Lipinski definition) is 0. The van der Waals surface area contributed by atoms with E-state index in [-0.39, 0.29) is 0 Å². The highest BCUT2D eigenvalue weighted by Crippen LogP contribution is 2.41. The maximum Gasteiger partial charge on any atom is 0.353 e. The number of fused-ring (bicyclic) bond motifs is 1. The zero-order valence-electron chi connectivity index (χ0n) is 11.5. The fourth-order valence-electron chi connectivity index (χ4n) is 2.32. The zero-order valence-corrected chi connectivity index (χ0v) is 13.1. The minimum Gasteiger partial charge on any atom is -0.754 e. The van der Waals surface area contributed by atoms with Crippen molar-refractivity contribution in [2.75, 3.05) is 0 Å². The first-order valence-electron chi connectivity index (χ1n) is 6.42. The van der Waals surface area contributed by atoms with Gasteiger partial charge in [-0.15, -0.1) is 0 Å². The predicted molar refractivity (Wildman–Crippen MR) is 82.9 cm³/mol. The minimum atomic E-state index is -1.08. The minimum absolute atomic E-state index is 0.295. The molecular formula is C15H13BrN2O3. The van der Waals surface area contributed by atoms with Gasteiger partial charge in [-0.3, -0.25) is 0 Å². The van der Waals surface area contributed by atoms with Crippen molar-refractivity contribution in [1.29, 1.82) is 0 Å². The van der Waals surface area contributed by atoms with Gasteiger partial charge in [-0.1, -0.05) is 22.0 Å². The molecule has 6 heteroatoms. The summed E-state index contributed by atoms with van der Waals surface area (Å²) < 4.78 is 7.29. The van der Waals surface area contributed by atoms with Crippen LogP contribution in [0.15, 0.2) is 52.8 Å². The number of ether oxygens (including phenoxy) is 1. The molecule has 2 aliphatic heterocycles. The normalized spacial score (nSPS) is 23.0. The van der Waals surface area contributed by atoms with Crippen LogP contribution in [0.1, 0.15) is 19.4 Å². The van der Waals surface area contributed by atoms with E-state index in [0.717, 1.165) is 9.23 Å². The van der Waals surface area contributed by atoms with E-state index < -0.39 is 5.72 Å². The molecule has 0 unspecified atom stereocenters. The van der Waals surface area contributed by atoms with E-state index in [9.17, 15) is 10.1 Å². The van der Waals surface area contributed by atoms with E-state index in [1.807, 2.05) is 6.07 Å². The van der Waals surface area contributed by atoms with Crippen molar-refractivity contribution in [3.05, 3.63) is 68.5 Å². The van der Waals surface area contributed by atoms with Crippen molar-refractivity contribution < 1.29 is 9.50 Å². The van der Waals surface area contributed by atoms with Crippen LogP contribution in [0.25, 0.3) is 5.70 Å². The number of rotatable bonds is 0. The lowest BCUT2D eigenvalue weighted by Gasteiger charge is -2.32. The molecule has 0 bridgehead atoms. The number of nitroso groups, excluding NO2 is 1. The number of benzene rings is 1. The lowest BCUT2D eigenvalue weighted by Crippen LogP contribution is -2.43. The average Bonchev–Trinajstić information content (AvgIpc) is 2.42. The van der Waals surface area contributed by atoms with Gasteiger partial charge in [-0.2, -0.15) is 0 Å². The first-order chi connectivity index (χ1) is 9.90. The predicted octanol–water partition coefficient (Wildman–Crippen LogP) is 3.91. The lowest BCUT2D eigenvalue weighted by molar-refractivity contribution is -0.590. The van der Waals surface area contributed by atoms with E-state index in [1.54, 1.807) is 44.2 Å². The molecule has 0 fully saturated rings. The first-order valence-corrected chi connectivity index (χ1v) is 7.21. The van der Waals surface area contributed by atoms with Crippen molar-refractivity contribution >= 4 is 21.6 Å². The van der Waals surface area contributed by atoms with Gasteiger partial charge < -0.3 is 15.0 Å². The van der Waals surface area contributed by atoms with Crippen molar-refractivity contribution in [2.45, 2.75) is 19.6 Å². The van der Waals surface area contributed by atoms with Crippen LogP contribution in [0.3, 0.4) is 0 Å². The molecule has 2 aliphatic rings.